The van der Waals surface area contributed by atoms with Crippen LogP contribution in [-0.4, -0.2) is 34.8 Å². The molecule has 0 aliphatic carbocycles. The molecule has 2 rings (SSSR count). The Hall–Kier alpha value is -2.93. The number of halogens is 1. The second-order valence-electron chi connectivity index (χ2n) is 5.63. The van der Waals surface area contributed by atoms with Gasteiger partial charge in [0, 0.05) is 24.7 Å². The maximum absolute atomic E-state index is 12.8. The first-order valence-electron chi connectivity index (χ1n) is 8.37. The largest absolute Gasteiger partial charge is 0.444 e. The second-order valence-corrected chi connectivity index (χ2v) is 6.04. The van der Waals surface area contributed by atoms with E-state index in [1.165, 1.54) is 12.1 Å². The van der Waals surface area contributed by atoms with Gasteiger partial charge in [-0.25, -0.2) is 4.79 Å². The molecular weight excluding hydrogens is 372 g/mol. The van der Waals surface area contributed by atoms with Crippen molar-refractivity contribution in [2.45, 2.75) is 20.0 Å². The Labute approximate surface area is 161 Å². The summed E-state index contributed by atoms with van der Waals surface area (Å²) in [4.78, 5) is 37.3. The maximum Gasteiger partial charge on any atom is 0.339 e. The topological polar surface area (TPSA) is 89.8 Å². The van der Waals surface area contributed by atoms with Crippen LogP contribution in [0.15, 0.2) is 48.5 Å². The van der Waals surface area contributed by atoms with Crippen LogP contribution in [0.3, 0.4) is 0 Å². The number of amides is 1. The standard InChI is InChI=1S/C19H19ClN2O5/c1-3-21(4-2)18(23)17(13-8-6-5-7-9-13)27-19(24)14-10-11-15(20)16(12-14)22(25)26/h5-12,17H,3-4H2,1-2H3/t17-/m1/s1. The van der Waals surface area contributed by atoms with Crippen molar-refractivity contribution in [2.24, 2.45) is 0 Å². The zero-order chi connectivity index (χ0) is 20.0. The molecule has 0 aromatic heterocycles. The molecule has 0 saturated carbocycles. The van der Waals surface area contributed by atoms with Crippen LogP contribution >= 0.6 is 11.6 Å². The first-order valence-corrected chi connectivity index (χ1v) is 8.75. The highest BCUT2D eigenvalue weighted by Gasteiger charge is 2.29. The zero-order valence-electron chi connectivity index (χ0n) is 14.9. The summed E-state index contributed by atoms with van der Waals surface area (Å²) in [5.41, 5.74) is 0.0584. The lowest BCUT2D eigenvalue weighted by Crippen LogP contribution is -2.36. The van der Waals surface area contributed by atoms with Crippen LogP contribution in [0.4, 0.5) is 5.69 Å². The summed E-state index contributed by atoms with van der Waals surface area (Å²) in [6.07, 6.45) is -1.15. The molecule has 0 aliphatic heterocycles. The summed E-state index contributed by atoms with van der Waals surface area (Å²) in [6, 6.07) is 12.2. The minimum Gasteiger partial charge on any atom is -0.444 e. The summed E-state index contributed by atoms with van der Waals surface area (Å²) in [5, 5.41) is 10.9. The number of nitro groups is 1. The molecule has 7 nitrogen and oxygen atoms in total. The third-order valence-electron chi connectivity index (χ3n) is 4.01. The van der Waals surface area contributed by atoms with Gasteiger partial charge < -0.3 is 9.64 Å². The van der Waals surface area contributed by atoms with Gasteiger partial charge in [-0.1, -0.05) is 41.9 Å². The van der Waals surface area contributed by atoms with Gasteiger partial charge >= 0.3 is 5.97 Å². The zero-order valence-corrected chi connectivity index (χ0v) is 15.7. The smallest absolute Gasteiger partial charge is 0.339 e. The molecule has 0 aliphatic rings. The van der Waals surface area contributed by atoms with Gasteiger partial charge in [-0.15, -0.1) is 0 Å². The van der Waals surface area contributed by atoms with Crippen molar-refractivity contribution in [3.63, 3.8) is 0 Å². The van der Waals surface area contributed by atoms with Crippen molar-refractivity contribution < 1.29 is 19.2 Å². The van der Waals surface area contributed by atoms with Crippen molar-refractivity contribution in [3.8, 4) is 0 Å². The van der Waals surface area contributed by atoms with Crippen LogP contribution in [-0.2, 0) is 9.53 Å². The van der Waals surface area contributed by atoms with Gasteiger partial charge in [0.1, 0.15) is 5.02 Å². The van der Waals surface area contributed by atoms with Gasteiger partial charge in [0.15, 0.2) is 0 Å². The third kappa shape index (κ3) is 4.83. The van der Waals surface area contributed by atoms with Gasteiger partial charge in [-0.05, 0) is 26.0 Å². The summed E-state index contributed by atoms with van der Waals surface area (Å²) in [7, 11) is 0. The Morgan fingerprint density at radius 2 is 1.78 bits per heavy atom. The van der Waals surface area contributed by atoms with Crippen molar-refractivity contribution >= 4 is 29.2 Å². The molecule has 27 heavy (non-hydrogen) atoms. The van der Waals surface area contributed by atoms with E-state index >= 15 is 0 Å². The summed E-state index contributed by atoms with van der Waals surface area (Å²) in [6.45, 7) is 4.58. The Balaban J connectivity index is 2.35. The van der Waals surface area contributed by atoms with E-state index < -0.39 is 22.7 Å². The van der Waals surface area contributed by atoms with Crippen molar-refractivity contribution in [1.29, 1.82) is 0 Å². The molecule has 0 heterocycles. The van der Waals surface area contributed by atoms with Crippen LogP contribution in [0.1, 0.15) is 35.9 Å². The number of carbonyl (C=O) groups excluding carboxylic acids is 2. The molecule has 0 N–H and O–H groups in total. The van der Waals surface area contributed by atoms with E-state index in [1.54, 1.807) is 35.2 Å². The Morgan fingerprint density at radius 1 is 1.15 bits per heavy atom. The van der Waals surface area contributed by atoms with Crippen molar-refractivity contribution in [3.05, 3.63) is 74.8 Å². The average Bonchev–Trinajstić information content (AvgIpc) is 2.67. The molecule has 1 atom stereocenters. The Kier molecular flexibility index (Phi) is 6.90. The number of rotatable bonds is 7. The normalized spacial score (nSPS) is 11.5. The van der Waals surface area contributed by atoms with Gasteiger partial charge in [0.2, 0.25) is 6.10 Å². The van der Waals surface area contributed by atoms with E-state index in [9.17, 15) is 19.7 Å². The highest BCUT2D eigenvalue weighted by molar-refractivity contribution is 6.32. The molecular formula is C19H19ClN2O5. The maximum atomic E-state index is 12.8. The molecule has 0 saturated heterocycles. The number of carbonyl (C=O) groups is 2. The SMILES string of the molecule is CCN(CC)C(=O)[C@H](OC(=O)c1ccc(Cl)c([N+](=O)[O-])c1)c1ccccc1. The monoisotopic (exact) mass is 390 g/mol. The number of likely N-dealkylation sites (N-methyl/N-ethyl adjacent to an activating group) is 1. The van der Waals surface area contributed by atoms with Crippen LogP contribution in [0.2, 0.25) is 5.02 Å². The predicted molar refractivity (Wildman–Crippen MR) is 101 cm³/mol. The van der Waals surface area contributed by atoms with Crippen molar-refractivity contribution in [2.75, 3.05) is 13.1 Å². The summed E-state index contributed by atoms with van der Waals surface area (Å²) in [5.74, 6) is -1.20. The molecule has 1 amide bonds. The van der Waals surface area contributed by atoms with Gasteiger partial charge in [0.25, 0.3) is 11.6 Å². The first-order chi connectivity index (χ1) is 12.9. The molecule has 0 bridgehead atoms. The quantitative estimate of drug-likeness (QED) is 0.404. The first kappa shape index (κ1) is 20.4. The molecule has 2 aromatic rings. The lowest BCUT2D eigenvalue weighted by Gasteiger charge is -2.25. The lowest BCUT2D eigenvalue weighted by molar-refractivity contribution is -0.384. The summed E-state index contributed by atoms with van der Waals surface area (Å²) >= 11 is 5.77. The minimum atomic E-state index is -1.15. The fourth-order valence-electron chi connectivity index (χ4n) is 2.54. The van der Waals surface area contributed by atoms with Crippen molar-refractivity contribution in [1.82, 2.24) is 4.90 Å². The van der Waals surface area contributed by atoms with Crippen LogP contribution in [0.5, 0.6) is 0 Å². The molecule has 2 aromatic carbocycles. The molecule has 0 fully saturated rings. The van der Waals surface area contributed by atoms with Crippen LogP contribution in [0.25, 0.3) is 0 Å². The fourth-order valence-corrected chi connectivity index (χ4v) is 2.73. The number of hydrogen-bond acceptors (Lipinski definition) is 5. The summed E-state index contributed by atoms with van der Waals surface area (Å²) < 4.78 is 5.45. The Morgan fingerprint density at radius 3 is 2.33 bits per heavy atom. The van der Waals surface area contributed by atoms with Gasteiger partial charge in [0.05, 0.1) is 10.5 Å². The molecule has 8 heteroatoms. The average molecular weight is 391 g/mol. The van der Waals surface area contributed by atoms with E-state index in [0.29, 0.717) is 18.7 Å². The number of benzene rings is 2. The van der Waals surface area contributed by atoms with E-state index in [2.05, 4.69) is 0 Å². The van der Waals surface area contributed by atoms with E-state index in [1.807, 2.05) is 13.8 Å². The Bertz CT molecular complexity index is 837. The molecule has 0 radical (unpaired) electrons. The third-order valence-corrected chi connectivity index (χ3v) is 4.32. The van der Waals surface area contributed by atoms with E-state index in [4.69, 9.17) is 16.3 Å². The van der Waals surface area contributed by atoms with E-state index in [-0.39, 0.29) is 16.5 Å². The number of nitro benzene ring substituents is 1. The number of hydrogen-bond donors (Lipinski definition) is 0. The van der Waals surface area contributed by atoms with Crippen LogP contribution in [0, 0.1) is 10.1 Å². The lowest BCUT2D eigenvalue weighted by atomic mass is 10.1. The number of nitrogens with zero attached hydrogens (tertiary/aromatic N) is 2. The van der Waals surface area contributed by atoms with Gasteiger partial charge in [-0.2, -0.15) is 0 Å². The number of esters is 1. The molecule has 0 unspecified atom stereocenters. The highest BCUT2D eigenvalue weighted by atomic mass is 35.5. The van der Waals surface area contributed by atoms with E-state index in [0.717, 1.165) is 6.07 Å². The van der Waals surface area contributed by atoms with Gasteiger partial charge in [-0.3, -0.25) is 14.9 Å². The molecule has 142 valence electrons. The highest BCUT2D eigenvalue weighted by Crippen LogP contribution is 2.27. The number of ether oxygens (including phenoxy) is 1. The van der Waals surface area contributed by atoms with Crippen LogP contribution < -0.4 is 0 Å². The minimum absolute atomic E-state index is 0.0561. The predicted octanol–water partition coefficient (Wildman–Crippen LogP) is 4.01. The second kappa shape index (κ2) is 9.14. The molecule has 0 spiro atoms. The fraction of sp³-hybridized carbons (Fsp3) is 0.263.